The third kappa shape index (κ3) is 2.34. The Morgan fingerprint density at radius 3 is 3.05 bits per heavy atom. The number of nitrogens with zero attached hydrogens (tertiary/aromatic N) is 2. The SMILES string of the molecule is COc1cc(N)ccc1OCc1cn2ccsc2n1. The van der Waals surface area contributed by atoms with E-state index in [0.29, 0.717) is 23.8 Å². The predicted octanol–water partition coefficient (Wildman–Crippen LogP) is 2.57. The van der Waals surface area contributed by atoms with Gasteiger partial charge in [-0.25, -0.2) is 4.98 Å². The molecular formula is C13H13N3O2S. The molecule has 0 amide bonds. The molecule has 6 heteroatoms. The number of imidazole rings is 1. The van der Waals surface area contributed by atoms with Crippen LogP contribution >= 0.6 is 11.3 Å². The quantitative estimate of drug-likeness (QED) is 0.743. The standard InChI is InChI=1S/C13H13N3O2S/c1-17-12-6-9(14)2-3-11(12)18-8-10-7-16-4-5-19-13(16)15-10/h2-7H,8,14H2,1H3. The van der Waals surface area contributed by atoms with Gasteiger partial charge in [0.15, 0.2) is 16.5 Å². The van der Waals surface area contributed by atoms with Crippen LogP contribution in [-0.4, -0.2) is 16.5 Å². The Balaban J connectivity index is 1.77. The van der Waals surface area contributed by atoms with Crippen LogP contribution in [0.2, 0.25) is 0 Å². The molecule has 0 atom stereocenters. The number of benzene rings is 1. The summed E-state index contributed by atoms with van der Waals surface area (Å²) in [5, 5.41) is 2.00. The molecule has 2 aromatic heterocycles. The number of nitrogens with two attached hydrogens (primary N) is 1. The Hall–Kier alpha value is -2.21. The summed E-state index contributed by atoms with van der Waals surface area (Å²) in [7, 11) is 1.59. The van der Waals surface area contributed by atoms with Crippen LogP contribution in [0.5, 0.6) is 11.5 Å². The highest BCUT2D eigenvalue weighted by Gasteiger charge is 2.07. The molecule has 0 radical (unpaired) electrons. The van der Waals surface area contributed by atoms with E-state index in [9.17, 15) is 0 Å². The van der Waals surface area contributed by atoms with Crippen molar-refractivity contribution in [2.45, 2.75) is 6.61 Å². The highest BCUT2D eigenvalue weighted by Crippen LogP contribution is 2.29. The summed E-state index contributed by atoms with van der Waals surface area (Å²) in [5.41, 5.74) is 7.22. The molecule has 0 unspecified atom stereocenters. The minimum absolute atomic E-state index is 0.397. The summed E-state index contributed by atoms with van der Waals surface area (Å²) in [6.07, 6.45) is 3.93. The van der Waals surface area contributed by atoms with E-state index in [1.165, 1.54) is 0 Å². The molecule has 3 rings (SSSR count). The molecule has 5 nitrogen and oxygen atoms in total. The average Bonchev–Trinajstić information content (AvgIpc) is 2.97. The topological polar surface area (TPSA) is 61.8 Å². The number of hydrogen-bond acceptors (Lipinski definition) is 5. The lowest BCUT2D eigenvalue weighted by molar-refractivity contribution is 0.281. The van der Waals surface area contributed by atoms with Crippen molar-refractivity contribution in [3.63, 3.8) is 0 Å². The molecular weight excluding hydrogens is 262 g/mol. The van der Waals surface area contributed by atoms with Gasteiger partial charge in [0.2, 0.25) is 0 Å². The van der Waals surface area contributed by atoms with Gasteiger partial charge < -0.3 is 15.2 Å². The summed E-state index contributed by atoms with van der Waals surface area (Å²) < 4.78 is 12.9. The molecule has 19 heavy (non-hydrogen) atoms. The van der Waals surface area contributed by atoms with Crippen molar-refractivity contribution in [1.82, 2.24) is 9.38 Å². The van der Waals surface area contributed by atoms with Crippen molar-refractivity contribution in [3.05, 3.63) is 41.7 Å². The molecule has 2 N–H and O–H groups in total. The van der Waals surface area contributed by atoms with Crippen molar-refractivity contribution in [2.75, 3.05) is 12.8 Å². The van der Waals surface area contributed by atoms with Crippen molar-refractivity contribution in [2.24, 2.45) is 0 Å². The second-order valence-electron chi connectivity index (χ2n) is 4.02. The fraction of sp³-hybridized carbons (Fsp3) is 0.154. The zero-order valence-corrected chi connectivity index (χ0v) is 11.2. The number of hydrogen-bond donors (Lipinski definition) is 1. The van der Waals surface area contributed by atoms with E-state index < -0.39 is 0 Å². The Labute approximate surface area is 114 Å². The fourth-order valence-electron chi connectivity index (χ4n) is 1.80. The molecule has 0 saturated heterocycles. The van der Waals surface area contributed by atoms with Crippen molar-refractivity contribution < 1.29 is 9.47 Å². The molecule has 0 aliphatic rings. The first kappa shape index (κ1) is 11.9. The predicted molar refractivity (Wildman–Crippen MR) is 74.8 cm³/mol. The van der Waals surface area contributed by atoms with E-state index in [1.54, 1.807) is 36.6 Å². The molecule has 2 heterocycles. The van der Waals surface area contributed by atoms with Crippen LogP contribution in [0.3, 0.4) is 0 Å². The third-order valence-electron chi connectivity index (χ3n) is 2.71. The normalized spacial score (nSPS) is 10.8. The lowest BCUT2D eigenvalue weighted by Crippen LogP contribution is -1.98. The van der Waals surface area contributed by atoms with Gasteiger partial charge >= 0.3 is 0 Å². The van der Waals surface area contributed by atoms with Gasteiger partial charge in [-0.1, -0.05) is 0 Å². The summed E-state index contributed by atoms with van der Waals surface area (Å²) in [5.74, 6) is 1.29. The molecule has 98 valence electrons. The van der Waals surface area contributed by atoms with Gasteiger partial charge in [-0.05, 0) is 12.1 Å². The van der Waals surface area contributed by atoms with Crippen LogP contribution in [0.1, 0.15) is 5.69 Å². The van der Waals surface area contributed by atoms with Gasteiger partial charge in [0, 0.05) is 29.5 Å². The zero-order valence-electron chi connectivity index (χ0n) is 10.4. The lowest BCUT2D eigenvalue weighted by atomic mass is 10.3. The summed E-state index contributed by atoms with van der Waals surface area (Å²) in [4.78, 5) is 5.41. The average molecular weight is 275 g/mol. The number of aromatic nitrogens is 2. The Morgan fingerprint density at radius 1 is 1.37 bits per heavy atom. The van der Waals surface area contributed by atoms with Crippen LogP contribution in [0.15, 0.2) is 36.0 Å². The fourth-order valence-corrected chi connectivity index (χ4v) is 2.52. The molecule has 0 fully saturated rings. The number of methoxy groups -OCH3 is 1. The third-order valence-corrected chi connectivity index (χ3v) is 3.48. The minimum Gasteiger partial charge on any atom is -0.493 e. The van der Waals surface area contributed by atoms with Crippen LogP contribution in [-0.2, 0) is 6.61 Å². The Morgan fingerprint density at radius 2 is 2.26 bits per heavy atom. The van der Waals surface area contributed by atoms with Gasteiger partial charge in [0.05, 0.1) is 12.8 Å². The maximum absolute atomic E-state index is 5.72. The van der Waals surface area contributed by atoms with E-state index in [4.69, 9.17) is 15.2 Å². The number of anilines is 1. The molecule has 1 aromatic carbocycles. The molecule has 3 aromatic rings. The van der Waals surface area contributed by atoms with Gasteiger partial charge in [-0.15, -0.1) is 11.3 Å². The molecule has 0 aliphatic heterocycles. The van der Waals surface area contributed by atoms with Crippen LogP contribution < -0.4 is 15.2 Å². The number of ether oxygens (including phenoxy) is 2. The van der Waals surface area contributed by atoms with Gasteiger partial charge in [0.25, 0.3) is 0 Å². The first-order valence-corrected chi connectivity index (χ1v) is 6.61. The molecule has 0 aliphatic carbocycles. The highest BCUT2D eigenvalue weighted by molar-refractivity contribution is 7.15. The largest absolute Gasteiger partial charge is 0.493 e. The summed E-state index contributed by atoms with van der Waals surface area (Å²) in [6.45, 7) is 0.397. The number of fused-ring (bicyclic) bond motifs is 1. The first-order valence-electron chi connectivity index (χ1n) is 5.73. The second kappa shape index (κ2) is 4.81. The Kier molecular flexibility index (Phi) is 3.00. The van der Waals surface area contributed by atoms with E-state index in [-0.39, 0.29) is 0 Å². The summed E-state index contributed by atoms with van der Waals surface area (Å²) in [6, 6.07) is 5.32. The van der Waals surface area contributed by atoms with Crippen molar-refractivity contribution >= 4 is 22.0 Å². The van der Waals surface area contributed by atoms with E-state index in [1.807, 2.05) is 22.2 Å². The van der Waals surface area contributed by atoms with Crippen LogP contribution in [0, 0.1) is 0 Å². The van der Waals surface area contributed by atoms with Crippen molar-refractivity contribution in [1.29, 1.82) is 0 Å². The van der Waals surface area contributed by atoms with Gasteiger partial charge in [0.1, 0.15) is 6.61 Å². The maximum Gasteiger partial charge on any atom is 0.193 e. The minimum atomic E-state index is 0.397. The van der Waals surface area contributed by atoms with Crippen LogP contribution in [0.4, 0.5) is 5.69 Å². The lowest BCUT2D eigenvalue weighted by Gasteiger charge is -2.09. The molecule has 0 spiro atoms. The van der Waals surface area contributed by atoms with E-state index in [2.05, 4.69) is 4.98 Å². The highest BCUT2D eigenvalue weighted by atomic mass is 32.1. The second-order valence-corrected chi connectivity index (χ2v) is 4.90. The number of nitrogen functional groups attached to an aromatic ring is 1. The molecule has 0 bridgehead atoms. The smallest absolute Gasteiger partial charge is 0.193 e. The maximum atomic E-state index is 5.72. The van der Waals surface area contributed by atoms with Crippen molar-refractivity contribution in [3.8, 4) is 11.5 Å². The van der Waals surface area contributed by atoms with Gasteiger partial charge in [-0.2, -0.15) is 0 Å². The van der Waals surface area contributed by atoms with E-state index in [0.717, 1.165) is 10.7 Å². The Bertz CT molecular complexity index is 676. The van der Waals surface area contributed by atoms with Gasteiger partial charge in [-0.3, -0.25) is 4.40 Å². The van der Waals surface area contributed by atoms with Crippen LogP contribution in [0.25, 0.3) is 4.96 Å². The number of thiazole rings is 1. The summed E-state index contributed by atoms with van der Waals surface area (Å²) >= 11 is 1.59. The monoisotopic (exact) mass is 275 g/mol. The number of rotatable bonds is 4. The molecule has 0 saturated carbocycles. The zero-order chi connectivity index (χ0) is 13.2. The first-order chi connectivity index (χ1) is 9.26. The van der Waals surface area contributed by atoms with E-state index >= 15 is 0 Å².